The summed E-state index contributed by atoms with van der Waals surface area (Å²) in [5.41, 5.74) is 2.63. The fourth-order valence-corrected chi connectivity index (χ4v) is 4.37. The first-order valence-corrected chi connectivity index (χ1v) is 10.3. The molecule has 0 aliphatic heterocycles. The van der Waals surface area contributed by atoms with Crippen LogP contribution in [0.4, 0.5) is 0 Å². The molecule has 2 aromatic carbocycles. The molecule has 1 N–H and O–H groups in total. The largest absolute Gasteiger partial charge is 0.497 e. The van der Waals surface area contributed by atoms with Crippen molar-refractivity contribution >= 4 is 6.08 Å². The summed E-state index contributed by atoms with van der Waals surface area (Å²) < 4.78 is 5.30. The molecule has 1 saturated carbocycles. The van der Waals surface area contributed by atoms with Gasteiger partial charge < -0.3 is 14.7 Å². The number of aliphatic hydroxyl groups is 1. The highest BCUT2D eigenvalue weighted by Gasteiger charge is 2.41. The van der Waals surface area contributed by atoms with Crippen LogP contribution >= 0.6 is 0 Å². The Kier molecular flexibility index (Phi) is 6.93. The lowest BCUT2D eigenvalue weighted by Gasteiger charge is -2.39. The van der Waals surface area contributed by atoms with Gasteiger partial charge in [0.25, 0.3) is 0 Å². The standard InChI is InChI=1S/C25H33NO2/c1-26(2)19-23-12-8-7-11-22(17-20-9-5-4-6-10-20)25(23,27)18-21-13-15-24(28-3)16-14-21/h4-6,9-10,13-17,23,27H,7-8,11-12,18-19H2,1-3H3/b22-17-. The van der Waals surface area contributed by atoms with Crippen molar-refractivity contribution in [1.82, 2.24) is 4.90 Å². The van der Waals surface area contributed by atoms with Crippen LogP contribution in [0, 0.1) is 5.92 Å². The van der Waals surface area contributed by atoms with Crippen LogP contribution in [0.2, 0.25) is 0 Å². The van der Waals surface area contributed by atoms with Crippen molar-refractivity contribution in [1.29, 1.82) is 0 Å². The third-order valence-electron chi connectivity index (χ3n) is 5.84. The minimum atomic E-state index is -0.842. The summed E-state index contributed by atoms with van der Waals surface area (Å²) in [7, 11) is 5.88. The van der Waals surface area contributed by atoms with Crippen molar-refractivity contribution < 1.29 is 9.84 Å². The highest BCUT2D eigenvalue weighted by atomic mass is 16.5. The summed E-state index contributed by atoms with van der Waals surface area (Å²) in [5, 5.41) is 12.1. The molecule has 3 nitrogen and oxygen atoms in total. The number of nitrogens with zero attached hydrogens (tertiary/aromatic N) is 1. The van der Waals surface area contributed by atoms with Gasteiger partial charge in [-0.2, -0.15) is 0 Å². The van der Waals surface area contributed by atoms with Crippen molar-refractivity contribution in [3.05, 3.63) is 71.3 Å². The molecular formula is C25H33NO2. The van der Waals surface area contributed by atoms with Gasteiger partial charge in [-0.05, 0) is 62.2 Å². The van der Waals surface area contributed by atoms with E-state index in [2.05, 4.69) is 61.5 Å². The van der Waals surface area contributed by atoms with Crippen LogP contribution in [0.25, 0.3) is 6.08 Å². The Morgan fingerprint density at radius 3 is 2.43 bits per heavy atom. The predicted octanol–water partition coefficient (Wildman–Crippen LogP) is 4.80. The van der Waals surface area contributed by atoms with Gasteiger partial charge in [-0.15, -0.1) is 0 Å². The van der Waals surface area contributed by atoms with Crippen molar-refractivity contribution in [3.63, 3.8) is 0 Å². The van der Waals surface area contributed by atoms with E-state index in [0.717, 1.165) is 49.1 Å². The second kappa shape index (κ2) is 9.40. The van der Waals surface area contributed by atoms with Crippen LogP contribution in [0.15, 0.2) is 60.2 Å². The molecule has 2 unspecified atom stereocenters. The minimum absolute atomic E-state index is 0.210. The summed E-state index contributed by atoms with van der Waals surface area (Å²) in [5.74, 6) is 1.06. The van der Waals surface area contributed by atoms with Crippen LogP contribution in [-0.4, -0.2) is 43.4 Å². The summed E-state index contributed by atoms with van der Waals surface area (Å²) in [6, 6.07) is 18.5. The molecule has 1 aliphatic carbocycles. The topological polar surface area (TPSA) is 32.7 Å². The summed E-state index contributed by atoms with van der Waals surface area (Å²) in [6.07, 6.45) is 7.15. The Morgan fingerprint density at radius 2 is 1.79 bits per heavy atom. The van der Waals surface area contributed by atoms with Crippen molar-refractivity contribution in [2.24, 2.45) is 5.92 Å². The Bertz CT molecular complexity index is 767. The maximum atomic E-state index is 12.1. The first-order valence-electron chi connectivity index (χ1n) is 10.3. The zero-order valence-electron chi connectivity index (χ0n) is 17.4. The van der Waals surface area contributed by atoms with Crippen LogP contribution in [0.1, 0.15) is 36.8 Å². The molecule has 0 radical (unpaired) electrons. The molecule has 2 atom stereocenters. The second-order valence-electron chi connectivity index (χ2n) is 8.23. The van der Waals surface area contributed by atoms with Crippen LogP contribution in [0.3, 0.4) is 0 Å². The van der Waals surface area contributed by atoms with Gasteiger partial charge in [-0.3, -0.25) is 0 Å². The maximum Gasteiger partial charge on any atom is 0.118 e. The summed E-state index contributed by atoms with van der Waals surface area (Å²) in [6.45, 7) is 0.888. The zero-order chi connectivity index (χ0) is 20.0. The molecule has 1 fully saturated rings. The Labute approximate surface area is 169 Å². The lowest BCUT2D eigenvalue weighted by atomic mass is 9.75. The van der Waals surface area contributed by atoms with Gasteiger partial charge in [-0.1, -0.05) is 55.0 Å². The molecule has 0 heterocycles. The van der Waals surface area contributed by atoms with Gasteiger partial charge >= 0.3 is 0 Å². The quantitative estimate of drug-likeness (QED) is 0.732. The normalized spacial score (nSPS) is 24.3. The van der Waals surface area contributed by atoms with E-state index < -0.39 is 5.60 Å². The van der Waals surface area contributed by atoms with E-state index in [-0.39, 0.29) is 5.92 Å². The molecule has 0 aromatic heterocycles. The number of methoxy groups -OCH3 is 1. The number of hydrogen-bond acceptors (Lipinski definition) is 3. The van der Waals surface area contributed by atoms with Gasteiger partial charge in [0.2, 0.25) is 0 Å². The molecule has 0 bridgehead atoms. The Balaban J connectivity index is 2.00. The fraction of sp³-hybridized carbons (Fsp3) is 0.440. The maximum absolute atomic E-state index is 12.1. The van der Waals surface area contributed by atoms with E-state index in [1.807, 2.05) is 18.2 Å². The first kappa shape index (κ1) is 20.6. The average Bonchev–Trinajstić information content (AvgIpc) is 2.83. The van der Waals surface area contributed by atoms with Crippen molar-refractivity contribution in [3.8, 4) is 5.75 Å². The monoisotopic (exact) mass is 379 g/mol. The SMILES string of the molecule is COc1ccc(CC2(O)/C(=C\c3ccccc3)CCCCC2CN(C)C)cc1. The molecule has 3 rings (SSSR count). The highest BCUT2D eigenvalue weighted by Crippen LogP contribution is 2.40. The molecule has 3 heteroatoms. The zero-order valence-corrected chi connectivity index (χ0v) is 17.4. The Hall–Kier alpha value is -2.10. The smallest absolute Gasteiger partial charge is 0.118 e. The molecule has 0 spiro atoms. The van der Waals surface area contributed by atoms with Gasteiger partial charge in [0.05, 0.1) is 12.7 Å². The summed E-state index contributed by atoms with van der Waals surface area (Å²) >= 11 is 0. The van der Waals surface area contributed by atoms with Gasteiger partial charge in [-0.25, -0.2) is 0 Å². The minimum Gasteiger partial charge on any atom is -0.497 e. The number of hydrogen-bond donors (Lipinski definition) is 1. The van der Waals surface area contributed by atoms with Gasteiger partial charge in [0, 0.05) is 18.9 Å². The van der Waals surface area contributed by atoms with Crippen molar-refractivity contribution in [2.75, 3.05) is 27.7 Å². The molecule has 28 heavy (non-hydrogen) atoms. The molecule has 1 aliphatic rings. The number of ether oxygens (including phenoxy) is 1. The third kappa shape index (κ3) is 5.03. The molecule has 2 aromatic rings. The molecule has 150 valence electrons. The van der Waals surface area contributed by atoms with Crippen LogP contribution < -0.4 is 4.74 Å². The van der Waals surface area contributed by atoms with E-state index in [0.29, 0.717) is 6.42 Å². The van der Waals surface area contributed by atoms with E-state index in [1.165, 1.54) is 5.57 Å². The lowest BCUT2D eigenvalue weighted by Crippen LogP contribution is -2.45. The Morgan fingerprint density at radius 1 is 1.07 bits per heavy atom. The molecule has 0 saturated heterocycles. The molecule has 0 amide bonds. The van der Waals surface area contributed by atoms with Gasteiger partial charge in [0.15, 0.2) is 0 Å². The van der Waals surface area contributed by atoms with Crippen LogP contribution in [0.5, 0.6) is 5.75 Å². The van der Waals surface area contributed by atoms with E-state index in [4.69, 9.17) is 4.74 Å². The van der Waals surface area contributed by atoms with Crippen molar-refractivity contribution in [2.45, 2.75) is 37.7 Å². The summed E-state index contributed by atoms with van der Waals surface area (Å²) in [4.78, 5) is 2.20. The van der Waals surface area contributed by atoms with Gasteiger partial charge in [0.1, 0.15) is 5.75 Å². The van der Waals surface area contributed by atoms with E-state index in [1.54, 1.807) is 7.11 Å². The lowest BCUT2D eigenvalue weighted by molar-refractivity contribution is 0.00516. The number of benzene rings is 2. The average molecular weight is 380 g/mol. The highest BCUT2D eigenvalue weighted by molar-refractivity contribution is 5.56. The first-order chi connectivity index (χ1) is 13.5. The number of rotatable bonds is 6. The second-order valence-corrected chi connectivity index (χ2v) is 8.23. The van der Waals surface area contributed by atoms with Crippen LogP contribution in [-0.2, 0) is 6.42 Å². The molecular weight excluding hydrogens is 346 g/mol. The van der Waals surface area contributed by atoms with E-state index in [9.17, 15) is 5.11 Å². The predicted molar refractivity (Wildman–Crippen MR) is 117 cm³/mol. The van der Waals surface area contributed by atoms with E-state index >= 15 is 0 Å². The fourth-order valence-electron chi connectivity index (χ4n) is 4.37. The third-order valence-corrected chi connectivity index (χ3v) is 5.84.